The van der Waals surface area contributed by atoms with Crippen LogP contribution in [0.2, 0.25) is 4.81 Å². The Bertz CT molecular complexity index is 28.1. The molecule has 0 bridgehead atoms. The summed E-state index contributed by atoms with van der Waals surface area (Å²) in [6, 6.07) is 0. The SMILES string of the molecule is C=C[CH2][Pt][Cl]. The average molecular weight is 272 g/mol. The summed E-state index contributed by atoms with van der Waals surface area (Å²) in [6.45, 7) is 3.49. The minimum atomic E-state index is -0.0459. The van der Waals surface area contributed by atoms with Crippen LogP contribution in [0.15, 0.2) is 12.7 Å². The molecule has 0 nitrogen and oxygen atoms in total. The van der Waals surface area contributed by atoms with Gasteiger partial charge in [0, 0.05) is 0 Å². The molecule has 0 rings (SSSR count). The molecule has 34 valence electrons. The molecular weight excluding hydrogens is 267 g/mol. The monoisotopic (exact) mass is 271 g/mol. The second-order valence-corrected chi connectivity index (χ2v) is 3.42. The average Bonchev–Trinajstić information content (AvgIpc) is 1.41. The summed E-state index contributed by atoms with van der Waals surface area (Å²) in [4.78, 5) is 1.03. The molecule has 0 saturated carbocycles. The van der Waals surface area contributed by atoms with E-state index < -0.39 is 0 Å². The zero-order valence-electron chi connectivity index (χ0n) is 2.69. The summed E-state index contributed by atoms with van der Waals surface area (Å²) in [5, 5.41) is 0. The number of allylic oxidation sites excluding steroid dienone is 1. The fraction of sp³-hybridized carbons (Fsp3) is 0.333. The van der Waals surface area contributed by atoms with Crippen molar-refractivity contribution in [1.29, 1.82) is 0 Å². The second kappa shape index (κ2) is 4.72. The van der Waals surface area contributed by atoms with Crippen LogP contribution < -0.4 is 0 Å². The van der Waals surface area contributed by atoms with Gasteiger partial charge >= 0.3 is 44.4 Å². The van der Waals surface area contributed by atoms with Crippen molar-refractivity contribution in [1.82, 2.24) is 0 Å². The molecule has 0 fully saturated rings. The number of halogens is 1. The van der Waals surface area contributed by atoms with E-state index in [4.69, 9.17) is 9.42 Å². The van der Waals surface area contributed by atoms with E-state index in [1.807, 2.05) is 6.08 Å². The third kappa shape index (κ3) is 4.72. The van der Waals surface area contributed by atoms with Crippen LogP contribution in [-0.2, 0) is 17.5 Å². The molecule has 0 aromatic carbocycles. The molecule has 0 amide bonds. The first kappa shape index (κ1) is 5.72. The maximum absolute atomic E-state index is 5.34. The van der Waals surface area contributed by atoms with Gasteiger partial charge in [-0.15, -0.1) is 0 Å². The van der Waals surface area contributed by atoms with E-state index in [-0.39, 0.29) is 17.5 Å². The molecule has 0 aromatic rings. The van der Waals surface area contributed by atoms with Gasteiger partial charge in [-0.25, -0.2) is 0 Å². The number of hydrogen-bond donors (Lipinski definition) is 0. The topological polar surface area (TPSA) is 0 Å². The van der Waals surface area contributed by atoms with Crippen LogP contribution in [0.1, 0.15) is 0 Å². The van der Waals surface area contributed by atoms with Gasteiger partial charge in [0.2, 0.25) is 0 Å². The van der Waals surface area contributed by atoms with Crippen LogP contribution >= 0.6 is 9.42 Å². The van der Waals surface area contributed by atoms with Crippen molar-refractivity contribution in [3.63, 3.8) is 0 Å². The molecule has 0 spiro atoms. The van der Waals surface area contributed by atoms with E-state index >= 15 is 0 Å². The Hall–Kier alpha value is 0.718. The van der Waals surface area contributed by atoms with Crippen molar-refractivity contribution >= 4 is 9.42 Å². The van der Waals surface area contributed by atoms with Crippen LogP contribution in [-0.4, -0.2) is 0 Å². The second-order valence-electron chi connectivity index (χ2n) is 0.502. The Morgan fingerprint density at radius 2 is 2.60 bits per heavy atom. The quantitative estimate of drug-likeness (QED) is 0.672. The molecule has 0 atom stereocenters. The molecule has 0 unspecified atom stereocenters. The molecular formula is C3H5ClPt. The van der Waals surface area contributed by atoms with Gasteiger partial charge in [0.1, 0.15) is 0 Å². The standard InChI is InChI=1S/C3H5.ClH.Pt/c1-3-2;;/h3H,1-2H2;1H;/q;;+1/p-1. The van der Waals surface area contributed by atoms with Crippen LogP contribution in [0.5, 0.6) is 0 Å². The van der Waals surface area contributed by atoms with E-state index in [2.05, 4.69) is 6.58 Å². The third-order valence-corrected chi connectivity index (χ3v) is 1.95. The van der Waals surface area contributed by atoms with Crippen molar-refractivity contribution in [2.45, 2.75) is 4.81 Å². The third-order valence-electron chi connectivity index (χ3n) is 0.140. The molecule has 2 heteroatoms. The van der Waals surface area contributed by atoms with Crippen molar-refractivity contribution in [2.24, 2.45) is 0 Å². The van der Waals surface area contributed by atoms with Crippen LogP contribution in [0.25, 0.3) is 0 Å². The molecule has 0 heterocycles. The molecule has 0 aliphatic carbocycles. The fourth-order valence-electron chi connectivity index (χ4n) is 0.0345. The van der Waals surface area contributed by atoms with Crippen LogP contribution in [0, 0.1) is 0 Å². The Morgan fingerprint density at radius 3 is 2.60 bits per heavy atom. The van der Waals surface area contributed by atoms with Crippen LogP contribution in [0.4, 0.5) is 0 Å². The molecule has 0 N–H and O–H groups in total. The number of hydrogen-bond acceptors (Lipinski definition) is 0. The summed E-state index contributed by atoms with van der Waals surface area (Å²) < 4.78 is 0. The molecule has 0 saturated heterocycles. The summed E-state index contributed by atoms with van der Waals surface area (Å²) in [5.74, 6) is 0. The Morgan fingerprint density at radius 1 is 2.00 bits per heavy atom. The van der Waals surface area contributed by atoms with Gasteiger partial charge in [-0.3, -0.25) is 0 Å². The van der Waals surface area contributed by atoms with Gasteiger partial charge in [0.25, 0.3) is 0 Å². The van der Waals surface area contributed by atoms with E-state index in [0.717, 1.165) is 4.81 Å². The molecule has 0 aliphatic heterocycles. The first-order valence-electron chi connectivity index (χ1n) is 1.16. The van der Waals surface area contributed by atoms with Gasteiger partial charge in [0.15, 0.2) is 0 Å². The van der Waals surface area contributed by atoms with Crippen molar-refractivity contribution in [2.75, 3.05) is 0 Å². The van der Waals surface area contributed by atoms with Gasteiger partial charge in [-0.2, -0.15) is 0 Å². The Balaban J connectivity index is 2.40. The Labute approximate surface area is 44.7 Å². The van der Waals surface area contributed by atoms with Crippen LogP contribution in [0.3, 0.4) is 0 Å². The van der Waals surface area contributed by atoms with E-state index in [1.165, 1.54) is 0 Å². The zero-order valence-corrected chi connectivity index (χ0v) is 5.71. The van der Waals surface area contributed by atoms with Gasteiger partial charge in [-0.1, -0.05) is 0 Å². The van der Waals surface area contributed by atoms with E-state index in [9.17, 15) is 0 Å². The van der Waals surface area contributed by atoms with Crippen molar-refractivity contribution in [3.8, 4) is 0 Å². The summed E-state index contributed by atoms with van der Waals surface area (Å²) in [6.07, 6.45) is 1.85. The predicted octanol–water partition coefficient (Wildman–Crippen LogP) is 1.83. The zero-order chi connectivity index (χ0) is 4.12. The summed E-state index contributed by atoms with van der Waals surface area (Å²) in [5.41, 5.74) is 0. The summed E-state index contributed by atoms with van der Waals surface area (Å²) >= 11 is -0.0459. The molecule has 0 aromatic heterocycles. The minimum absolute atomic E-state index is 0.0459. The van der Waals surface area contributed by atoms with Gasteiger partial charge in [-0.05, 0) is 0 Å². The molecule has 0 aliphatic rings. The molecule has 5 heavy (non-hydrogen) atoms. The van der Waals surface area contributed by atoms with Crippen molar-refractivity contribution < 1.29 is 17.5 Å². The maximum atomic E-state index is 5.34. The fourth-order valence-corrected chi connectivity index (χ4v) is 0.847. The van der Waals surface area contributed by atoms with Crippen molar-refractivity contribution in [3.05, 3.63) is 12.7 Å². The first-order chi connectivity index (χ1) is 2.41. The van der Waals surface area contributed by atoms with E-state index in [1.54, 1.807) is 0 Å². The van der Waals surface area contributed by atoms with Gasteiger partial charge < -0.3 is 0 Å². The molecule has 0 radical (unpaired) electrons. The van der Waals surface area contributed by atoms with Gasteiger partial charge in [0.05, 0.1) is 0 Å². The summed E-state index contributed by atoms with van der Waals surface area (Å²) in [7, 11) is 5.34. The predicted molar refractivity (Wildman–Crippen MR) is 20.9 cm³/mol. The van der Waals surface area contributed by atoms with E-state index in [0.29, 0.717) is 0 Å². The number of rotatable bonds is 2. The first-order valence-corrected chi connectivity index (χ1v) is 5.58. The normalized spacial score (nSPS) is 8.20. The Kier molecular flexibility index (Phi) is 5.40.